The highest BCUT2D eigenvalue weighted by Gasteiger charge is 2.21. The second-order valence-electron chi connectivity index (χ2n) is 5.72. The number of nitrogens with one attached hydrogen (secondary N) is 2. The zero-order valence-electron chi connectivity index (χ0n) is 15.1. The minimum Gasteiger partial charge on any atom is -0.497 e. The van der Waals surface area contributed by atoms with Crippen LogP contribution < -0.4 is 20.1 Å². The van der Waals surface area contributed by atoms with Gasteiger partial charge in [-0.05, 0) is 25.1 Å². The number of amides is 1. The van der Waals surface area contributed by atoms with Gasteiger partial charge < -0.3 is 25.2 Å². The van der Waals surface area contributed by atoms with Crippen LogP contribution in [0.25, 0.3) is 0 Å². The van der Waals surface area contributed by atoms with Gasteiger partial charge in [-0.15, -0.1) is 0 Å². The maximum absolute atomic E-state index is 12.2. The van der Waals surface area contributed by atoms with Crippen molar-refractivity contribution in [3.8, 4) is 11.5 Å². The number of carbonyl (C=O) groups is 2. The molecule has 1 unspecified atom stereocenters. The molecule has 0 aliphatic rings. The molecule has 140 valence electrons. The number of rotatable bonds is 12. The molecular formula is C18H28N2O5. The Balaban J connectivity index is 2.61. The van der Waals surface area contributed by atoms with E-state index in [1.165, 1.54) is 14.2 Å². The maximum atomic E-state index is 12.2. The van der Waals surface area contributed by atoms with E-state index in [0.717, 1.165) is 25.7 Å². The molecule has 0 aromatic heterocycles. The quantitative estimate of drug-likeness (QED) is 0.501. The summed E-state index contributed by atoms with van der Waals surface area (Å²) in [5.74, 6) is -0.392. The van der Waals surface area contributed by atoms with Crippen molar-refractivity contribution >= 4 is 17.6 Å². The number of ether oxygens (including phenoxy) is 2. The van der Waals surface area contributed by atoms with E-state index < -0.39 is 17.9 Å². The number of anilines is 1. The number of carboxylic acid groups (broad SMARTS) is 1. The molecule has 0 aliphatic carbocycles. The second kappa shape index (κ2) is 11.3. The van der Waals surface area contributed by atoms with Gasteiger partial charge in [0, 0.05) is 6.07 Å². The third-order valence-corrected chi connectivity index (χ3v) is 3.79. The lowest BCUT2D eigenvalue weighted by molar-refractivity contribution is -0.141. The molecule has 0 saturated carbocycles. The first-order chi connectivity index (χ1) is 12.0. The van der Waals surface area contributed by atoms with Crippen LogP contribution in [0.15, 0.2) is 18.2 Å². The number of methoxy groups -OCH3 is 2. The van der Waals surface area contributed by atoms with Gasteiger partial charge in [0.05, 0.1) is 26.3 Å². The van der Waals surface area contributed by atoms with Gasteiger partial charge in [0.1, 0.15) is 17.5 Å². The molecule has 1 atom stereocenters. The van der Waals surface area contributed by atoms with Crippen LogP contribution in [0.2, 0.25) is 0 Å². The van der Waals surface area contributed by atoms with E-state index in [4.69, 9.17) is 9.47 Å². The van der Waals surface area contributed by atoms with E-state index in [1.54, 1.807) is 18.2 Å². The van der Waals surface area contributed by atoms with Gasteiger partial charge in [0.25, 0.3) is 0 Å². The summed E-state index contributed by atoms with van der Waals surface area (Å²) in [6.45, 7) is 2.69. The maximum Gasteiger partial charge on any atom is 0.321 e. The largest absolute Gasteiger partial charge is 0.497 e. The van der Waals surface area contributed by atoms with E-state index in [2.05, 4.69) is 17.6 Å². The number of aliphatic carboxylic acids is 1. The SMILES string of the molecule is CCCCCCNC(CC(=O)Nc1cc(OC)ccc1OC)C(=O)O. The molecule has 0 spiro atoms. The summed E-state index contributed by atoms with van der Waals surface area (Å²) in [5, 5.41) is 14.9. The molecule has 25 heavy (non-hydrogen) atoms. The first kappa shape index (κ1) is 20.8. The Morgan fingerprint density at radius 1 is 1.16 bits per heavy atom. The summed E-state index contributed by atoms with van der Waals surface area (Å²) in [7, 11) is 3.02. The van der Waals surface area contributed by atoms with Gasteiger partial charge >= 0.3 is 5.97 Å². The molecule has 1 aromatic carbocycles. The molecule has 7 nitrogen and oxygen atoms in total. The van der Waals surface area contributed by atoms with E-state index >= 15 is 0 Å². The average Bonchev–Trinajstić information content (AvgIpc) is 2.60. The van der Waals surface area contributed by atoms with Crippen LogP contribution >= 0.6 is 0 Å². The summed E-state index contributed by atoms with van der Waals surface area (Å²) in [4.78, 5) is 23.6. The van der Waals surface area contributed by atoms with E-state index in [-0.39, 0.29) is 6.42 Å². The Hall–Kier alpha value is -2.28. The minimum atomic E-state index is -1.04. The van der Waals surface area contributed by atoms with Gasteiger partial charge in [-0.3, -0.25) is 9.59 Å². The van der Waals surface area contributed by atoms with Crippen molar-refractivity contribution in [2.45, 2.75) is 45.1 Å². The number of carbonyl (C=O) groups excluding carboxylic acids is 1. The summed E-state index contributed by atoms with van der Waals surface area (Å²) in [5.41, 5.74) is 0.443. The lowest BCUT2D eigenvalue weighted by Crippen LogP contribution is -2.40. The van der Waals surface area contributed by atoms with Gasteiger partial charge in [-0.25, -0.2) is 0 Å². The predicted molar refractivity (Wildman–Crippen MR) is 96.4 cm³/mol. The number of benzene rings is 1. The van der Waals surface area contributed by atoms with Crippen LogP contribution in [-0.4, -0.2) is 43.8 Å². The van der Waals surface area contributed by atoms with Gasteiger partial charge in [0.15, 0.2) is 0 Å². The molecule has 1 amide bonds. The second-order valence-corrected chi connectivity index (χ2v) is 5.72. The first-order valence-corrected chi connectivity index (χ1v) is 8.49. The number of hydrogen-bond donors (Lipinski definition) is 3. The van der Waals surface area contributed by atoms with E-state index in [1.807, 2.05) is 0 Å². The van der Waals surface area contributed by atoms with Crippen molar-refractivity contribution in [2.24, 2.45) is 0 Å². The molecule has 0 heterocycles. The normalized spacial score (nSPS) is 11.6. The third-order valence-electron chi connectivity index (χ3n) is 3.79. The Morgan fingerprint density at radius 2 is 1.92 bits per heavy atom. The monoisotopic (exact) mass is 352 g/mol. The van der Waals surface area contributed by atoms with Crippen LogP contribution in [0.3, 0.4) is 0 Å². The highest BCUT2D eigenvalue weighted by molar-refractivity contribution is 5.95. The van der Waals surface area contributed by atoms with Crippen LogP contribution in [0, 0.1) is 0 Å². The number of hydrogen-bond acceptors (Lipinski definition) is 5. The molecule has 1 rings (SSSR count). The van der Waals surface area contributed by atoms with Crippen LogP contribution in [-0.2, 0) is 9.59 Å². The Kier molecular flexibility index (Phi) is 9.39. The molecule has 1 aromatic rings. The number of carboxylic acids is 1. The Morgan fingerprint density at radius 3 is 2.52 bits per heavy atom. The van der Waals surface area contributed by atoms with Crippen LogP contribution in [0.5, 0.6) is 11.5 Å². The van der Waals surface area contributed by atoms with E-state index in [0.29, 0.717) is 23.7 Å². The van der Waals surface area contributed by atoms with E-state index in [9.17, 15) is 14.7 Å². The van der Waals surface area contributed by atoms with Crippen molar-refractivity contribution in [1.29, 1.82) is 0 Å². The highest BCUT2D eigenvalue weighted by Crippen LogP contribution is 2.29. The van der Waals surface area contributed by atoms with Crippen LogP contribution in [0.1, 0.15) is 39.0 Å². The zero-order valence-corrected chi connectivity index (χ0v) is 15.1. The fourth-order valence-electron chi connectivity index (χ4n) is 2.37. The molecular weight excluding hydrogens is 324 g/mol. The molecule has 3 N–H and O–H groups in total. The molecule has 0 radical (unpaired) electrons. The summed E-state index contributed by atoms with van der Waals surface area (Å²) in [6.07, 6.45) is 4.01. The zero-order chi connectivity index (χ0) is 18.7. The molecule has 0 aliphatic heterocycles. The summed E-state index contributed by atoms with van der Waals surface area (Å²) in [6, 6.07) is 4.10. The fraction of sp³-hybridized carbons (Fsp3) is 0.556. The molecule has 0 saturated heterocycles. The van der Waals surface area contributed by atoms with Gasteiger partial charge in [-0.1, -0.05) is 26.2 Å². The summed E-state index contributed by atoms with van der Waals surface area (Å²) >= 11 is 0. The summed E-state index contributed by atoms with van der Waals surface area (Å²) < 4.78 is 10.3. The fourth-order valence-corrected chi connectivity index (χ4v) is 2.37. The molecule has 7 heteroatoms. The molecule has 0 bridgehead atoms. The topological polar surface area (TPSA) is 96.9 Å². The highest BCUT2D eigenvalue weighted by atomic mass is 16.5. The van der Waals surface area contributed by atoms with Crippen molar-refractivity contribution in [1.82, 2.24) is 5.32 Å². The van der Waals surface area contributed by atoms with Crippen molar-refractivity contribution in [3.63, 3.8) is 0 Å². The average molecular weight is 352 g/mol. The lowest BCUT2D eigenvalue weighted by atomic mass is 10.1. The number of unbranched alkanes of at least 4 members (excludes halogenated alkanes) is 3. The third kappa shape index (κ3) is 7.43. The van der Waals surface area contributed by atoms with Crippen molar-refractivity contribution in [2.75, 3.05) is 26.1 Å². The smallest absolute Gasteiger partial charge is 0.321 e. The Labute approximate surface area is 148 Å². The van der Waals surface area contributed by atoms with Crippen molar-refractivity contribution < 1.29 is 24.2 Å². The predicted octanol–water partition coefficient (Wildman–Crippen LogP) is 2.66. The van der Waals surface area contributed by atoms with Crippen LogP contribution in [0.4, 0.5) is 5.69 Å². The Bertz CT molecular complexity index is 562. The van der Waals surface area contributed by atoms with Gasteiger partial charge in [0.2, 0.25) is 5.91 Å². The van der Waals surface area contributed by atoms with Gasteiger partial charge in [-0.2, -0.15) is 0 Å². The minimum absolute atomic E-state index is 0.163. The molecule has 0 fully saturated rings. The standard InChI is InChI=1S/C18H28N2O5/c1-4-5-6-7-10-19-15(18(22)23)12-17(21)20-14-11-13(24-2)8-9-16(14)25-3/h8-9,11,15,19H,4-7,10,12H2,1-3H3,(H,20,21)(H,22,23). The lowest BCUT2D eigenvalue weighted by Gasteiger charge is -2.16. The first-order valence-electron chi connectivity index (χ1n) is 8.49. The van der Waals surface area contributed by atoms with Crippen molar-refractivity contribution in [3.05, 3.63) is 18.2 Å².